The van der Waals surface area contributed by atoms with Gasteiger partial charge >= 0.3 is 0 Å². The van der Waals surface area contributed by atoms with Crippen LogP contribution in [0, 0.1) is 0 Å². The molecule has 0 saturated carbocycles. The van der Waals surface area contributed by atoms with E-state index >= 15 is 0 Å². The lowest BCUT2D eigenvalue weighted by Crippen LogP contribution is -2.32. The van der Waals surface area contributed by atoms with Crippen molar-refractivity contribution in [3.05, 3.63) is 106 Å². The van der Waals surface area contributed by atoms with Gasteiger partial charge < -0.3 is 4.90 Å². The van der Waals surface area contributed by atoms with E-state index in [2.05, 4.69) is 12.1 Å². The van der Waals surface area contributed by atoms with Gasteiger partial charge in [-0.3, -0.25) is 4.79 Å². The zero-order valence-corrected chi connectivity index (χ0v) is 16.5. The second-order valence-corrected chi connectivity index (χ2v) is 7.27. The van der Waals surface area contributed by atoms with Crippen molar-refractivity contribution in [2.75, 3.05) is 6.54 Å². The van der Waals surface area contributed by atoms with Gasteiger partial charge in [0.1, 0.15) is 0 Å². The Labute approximate surface area is 170 Å². The van der Waals surface area contributed by atoms with Gasteiger partial charge in [0.2, 0.25) is 0 Å². The van der Waals surface area contributed by atoms with Crippen molar-refractivity contribution >= 4 is 29.1 Å². The minimum atomic E-state index is -0.0754. The summed E-state index contributed by atoms with van der Waals surface area (Å²) in [5.74, 6) is -0.0754. The Bertz CT molecular complexity index is 881. The molecular weight excluding hydrogens is 377 g/mol. The Hall–Kier alpha value is -2.29. The van der Waals surface area contributed by atoms with Crippen LogP contribution in [-0.4, -0.2) is 17.4 Å². The predicted octanol–water partition coefficient (Wildman–Crippen LogP) is 6.27. The van der Waals surface area contributed by atoms with Crippen molar-refractivity contribution in [3.63, 3.8) is 0 Å². The number of halogens is 2. The van der Waals surface area contributed by atoms with Crippen molar-refractivity contribution in [1.82, 2.24) is 4.90 Å². The molecular formula is C23H21Cl2NO. The van der Waals surface area contributed by atoms with Crippen LogP contribution < -0.4 is 0 Å². The number of hydrogen-bond acceptors (Lipinski definition) is 1. The topological polar surface area (TPSA) is 20.3 Å². The van der Waals surface area contributed by atoms with E-state index < -0.39 is 0 Å². The van der Waals surface area contributed by atoms with Crippen LogP contribution >= 0.6 is 23.2 Å². The summed E-state index contributed by atoms with van der Waals surface area (Å²) in [6.45, 7) is 1.20. The normalized spacial score (nSPS) is 10.6. The van der Waals surface area contributed by atoms with Gasteiger partial charge in [-0.15, -0.1) is 0 Å². The number of nitrogens with zero attached hydrogens (tertiary/aromatic N) is 1. The highest BCUT2D eigenvalue weighted by molar-refractivity contribution is 6.36. The highest BCUT2D eigenvalue weighted by Crippen LogP contribution is 2.23. The first kappa shape index (κ1) is 19.5. The molecule has 0 aliphatic carbocycles. The number of benzene rings is 3. The van der Waals surface area contributed by atoms with Gasteiger partial charge in [0.15, 0.2) is 0 Å². The summed E-state index contributed by atoms with van der Waals surface area (Å²) in [6.07, 6.45) is 1.81. The Kier molecular flexibility index (Phi) is 6.92. The molecule has 0 aliphatic heterocycles. The minimum absolute atomic E-state index is 0.0754. The molecule has 0 unspecified atom stereocenters. The summed E-state index contributed by atoms with van der Waals surface area (Å²) in [4.78, 5) is 15.0. The number of rotatable bonds is 7. The summed E-state index contributed by atoms with van der Waals surface area (Å²) >= 11 is 12.2. The molecule has 3 rings (SSSR count). The summed E-state index contributed by atoms with van der Waals surface area (Å²) in [5, 5.41) is 0.906. The third-order valence-electron chi connectivity index (χ3n) is 4.40. The third kappa shape index (κ3) is 5.59. The van der Waals surface area contributed by atoms with E-state index in [0.717, 1.165) is 18.4 Å². The third-order valence-corrected chi connectivity index (χ3v) is 4.95. The van der Waals surface area contributed by atoms with Gasteiger partial charge in [-0.2, -0.15) is 0 Å². The van der Waals surface area contributed by atoms with E-state index in [-0.39, 0.29) is 5.91 Å². The second-order valence-electron chi connectivity index (χ2n) is 6.43. The molecule has 27 heavy (non-hydrogen) atoms. The minimum Gasteiger partial charge on any atom is -0.334 e. The fraction of sp³-hybridized carbons (Fsp3) is 0.174. The molecule has 4 heteroatoms. The molecule has 0 atom stereocenters. The van der Waals surface area contributed by atoms with Crippen molar-refractivity contribution in [2.45, 2.75) is 19.4 Å². The van der Waals surface area contributed by atoms with Gasteiger partial charge in [-0.1, -0.05) is 83.9 Å². The molecule has 3 aromatic carbocycles. The molecule has 0 saturated heterocycles. The fourth-order valence-electron chi connectivity index (χ4n) is 3.01. The molecule has 0 aliphatic rings. The number of amides is 1. The van der Waals surface area contributed by atoms with Crippen LogP contribution in [-0.2, 0) is 13.0 Å². The molecule has 138 valence electrons. The van der Waals surface area contributed by atoms with Crippen molar-refractivity contribution in [1.29, 1.82) is 0 Å². The van der Waals surface area contributed by atoms with Crippen LogP contribution in [0.2, 0.25) is 10.0 Å². The van der Waals surface area contributed by atoms with Crippen molar-refractivity contribution in [3.8, 4) is 0 Å². The number of carbonyl (C=O) groups excluding carboxylic acids is 1. The van der Waals surface area contributed by atoms with E-state index in [1.54, 1.807) is 18.2 Å². The van der Waals surface area contributed by atoms with E-state index in [1.165, 1.54) is 5.56 Å². The molecule has 0 bridgehead atoms. The Morgan fingerprint density at radius 2 is 1.44 bits per heavy atom. The average Bonchev–Trinajstić information content (AvgIpc) is 2.68. The molecule has 0 N–H and O–H groups in total. The molecule has 3 aromatic rings. The standard InChI is InChI=1S/C23H21Cl2NO/c24-20-13-14-21(22(25)16-20)23(27)26(17-19-10-5-2-6-11-19)15-7-12-18-8-3-1-4-9-18/h1-6,8-11,13-14,16H,7,12,15,17H2. The van der Waals surface area contributed by atoms with Crippen molar-refractivity contribution < 1.29 is 4.79 Å². The van der Waals surface area contributed by atoms with Crippen LogP contribution in [0.4, 0.5) is 0 Å². The average molecular weight is 398 g/mol. The maximum Gasteiger partial charge on any atom is 0.255 e. The first-order valence-corrected chi connectivity index (χ1v) is 9.71. The van der Waals surface area contributed by atoms with Gasteiger partial charge in [0.25, 0.3) is 5.91 Å². The zero-order chi connectivity index (χ0) is 19.1. The Morgan fingerprint density at radius 1 is 0.815 bits per heavy atom. The highest BCUT2D eigenvalue weighted by Gasteiger charge is 2.19. The molecule has 1 amide bonds. The predicted molar refractivity (Wildman–Crippen MR) is 112 cm³/mol. The number of hydrogen-bond donors (Lipinski definition) is 0. The van der Waals surface area contributed by atoms with E-state index in [0.29, 0.717) is 28.7 Å². The van der Waals surface area contributed by atoms with Gasteiger partial charge in [-0.05, 0) is 42.2 Å². The zero-order valence-electron chi connectivity index (χ0n) is 14.9. The van der Waals surface area contributed by atoms with E-state index in [4.69, 9.17) is 23.2 Å². The SMILES string of the molecule is O=C(c1ccc(Cl)cc1Cl)N(CCCc1ccccc1)Cc1ccccc1. The molecule has 0 heterocycles. The molecule has 2 nitrogen and oxygen atoms in total. The highest BCUT2D eigenvalue weighted by atomic mass is 35.5. The monoisotopic (exact) mass is 397 g/mol. The quantitative estimate of drug-likeness (QED) is 0.459. The lowest BCUT2D eigenvalue weighted by atomic mass is 10.1. The second kappa shape index (κ2) is 9.59. The Morgan fingerprint density at radius 3 is 2.07 bits per heavy atom. The molecule has 0 radical (unpaired) electrons. The maximum absolute atomic E-state index is 13.1. The summed E-state index contributed by atoms with van der Waals surface area (Å²) in [6, 6.07) is 25.3. The van der Waals surface area contributed by atoms with Crippen LogP contribution in [0.3, 0.4) is 0 Å². The number of carbonyl (C=O) groups is 1. The molecule has 0 aromatic heterocycles. The lowest BCUT2D eigenvalue weighted by Gasteiger charge is -2.23. The first-order chi connectivity index (χ1) is 13.1. The molecule has 0 fully saturated rings. The van der Waals surface area contributed by atoms with E-state index in [1.807, 2.05) is 53.4 Å². The van der Waals surface area contributed by atoms with Crippen LogP contribution in [0.5, 0.6) is 0 Å². The lowest BCUT2D eigenvalue weighted by molar-refractivity contribution is 0.0741. The fourth-order valence-corrected chi connectivity index (χ4v) is 3.50. The van der Waals surface area contributed by atoms with Crippen molar-refractivity contribution in [2.24, 2.45) is 0 Å². The van der Waals surface area contributed by atoms with Crippen LogP contribution in [0.15, 0.2) is 78.9 Å². The Balaban J connectivity index is 1.75. The summed E-state index contributed by atoms with van der Waals surface area (Å²) in [7, 11) is 0. The van der Waals surface area contributed by atoms with Crippen LogP contribution in [0.25, 0.3) is 0 Å². The van der Waals surface area contributed by atoms with Crippen LogP contribution in [0.1, 0.15) is 27.9 Å². The van der Waals surface area contributed by atoms with Gasteiger partial charge in [0, 0.05) is 18.1 Å². The maximum atomic E-state index is 13.1. The van der Waals surface area contributed by atoms with Gasteiger partial charge in [0.05, 0.1) is 10.6 Å². The largest absolute Gasteiger partial charge is 0.334 e. The number of aryl methyl sites for hydroxylation is 1. The van der Waals surface area contributed by atoms with Gasteiger partial charge in [-0.25, -0.2) is 0 Å². The smallest absolute Gasteiger partial charge is 0.255 e. The summed E-state index contributed by atoms with van der Waals surface area (Å²) in [5.41, 5.74) is 2.85. The van der Waals surface area contributed by atoms with E-state index in [9.17, 15) is 4.79 Å². The first-order valence-electron chi connectivity index (χ1n) is 8.95. The summed E-state index contributed by atoms with van der Waals surface area (Å²) < 4.78 is 0. The molecule has 0 spiro atoms.